The molecule has 0 atom stereocenters. The summed E-state index contributed by atoms with van der Waals surface area (Å²) in [5.41, 5.74) is 0.0754. The topological polar surface area (TPSA) is 132 Å². The van der Waals surface area contributed by atoms with Gasteiger partial charge in [-0.15, -0.1) is 0 Å². The van der Waals surface area contributed by atoms with Crippen LogP contribution in [-0.2, 0) is 4.79 Å². The highest BCUT2D eigenvalue weighted by Crippen LogP contribution is 2.29. The summed E-state index contributed by atoms with van der Waals surface area (Å²) >= 11 is 5.78. The third-order valence-corrected chi connectivity index (χ3v) is 4.60. The number of rotatable bonds is 5. The van der Waals surface area contributed by atoms with Crippen LogP contribution in [0.15, 0.2) is 43.2 Å². The molecule has 1 saturated heterocycles. The number of nitrogens with one attached hydrogen (secondary N) is 1. The first-order valence-corrected chi connectivity index (χ1v) is 8.56. The van der Waals surface area contributed by atoms with Gasteiger partial charge < -0.3 is 10.2 Å². The molecule has 11 nitrogen and oxygen atoms in total. The molecule has 1 amide bonds. The van der Waals surface area contributed by atoms with Crippen molar-refractivity contribution in [2.24, 2.45) is 5.92 Å². The molecule has 1 fully saturated rings. The van der Waals surface area contributed by atoms with E-state index in [9.17, 15) is 14.9 Å². The molecule has 1 aliphatic heterocycles. The molecule has 28 heavy (non-hydrogen) atoms. The second-order valence-corrected chi connectivity index (χ2v) is 6.50. The smallest absolute Gasteiger partial charge is 0.289 e. The Balaban J connectivity index is 1.39. The van der Waals surface area contributed by atoms with Gasteiger partial charge in [0, 0.05) is 30.9 Å². The van der Waals surface area contributed by atoms with Crippen LogP contribution in [0.3, 0.4) is 0 Å². The first kappa shape index (κ1) is 17.8. The lowest BCUT2D eigenvalue weighted by atomic mass is 9.99. The van der Waals surface area contributed by atoms with Crippen LogP contribution in [0.1, 0.15) is 0 Å². The number of nitro groups is 1. The number of nitrogens with zero attached hydrogens (tertiary/aromatic N) is 7. The third kappa shape index (κ3) is 3.47. The summed E-state index contributed by atoms with van der Waals surface area (Å²) in [5.74, 6) is 0.758. The summed E-state index contributed by atoms with van der Waals surface area (Å²) in [4.78, 5) is 36.9. The van der Waals surface area contributed by atoms with Gasteiger partial charge in [0.1, 0.15) is 29.8 Å². The van der Waals surface area contributed by atoms with Gasteiger partial charge in [-0.25, -0.2) is 19.6 Å². The molecule has 0 spiro atoms. The van der Waals surface area contributed by atoms with Gasteiger partial charge >= 0.3 is 0 Å². The summed E-state index contributed by atoms with van der Waals surface area (Å²) in [6.07, 6.45) is 4.36. The zero-order valence-corrected chi connectivity index (χ0v) is 15.0. The molecule has 0 aliphatic carbocycles. The third-order valence-electron chi connectivity index (χ3n) is 4.28. The average Bonchev–Trinajstić information content (AvgIpc) is 3.17. The standard InChI is InChI=1S/C16H13ClN8O3/c17-12-2-1-11(3-13(12)25(27)28)22-16(26)10-5-23(6-10)14-4-15(20-8-19-14)24-9-18-7-21-24/h1-4,7-10H,5-6H2,(H,22,26). The molecular formula is C16H13ClN8O3. The van der Waals surface area contributed by atoms with Crippen molar-refractivity contribution in [3.63, 3.8) is 0 Å². The van der Waals surface area contributed by atoms with Gasteiger partial charge in [0.2, 0.25) is 5.91 Å². The number of nitro benzene ring substituents is 1. The Morgan fingerprint density at radius 2 is 2.00 bits per heavy atom. The van der Waals surface area contributed by atoms with Gasteiger partial charge in [0.25, 0.3) is 5.69 Å². The predicted octanol–water partition coefficient (Wildman–Crippen LogP) is 1.69. The van der Waals surface area contributed by atoms with E-state index in [1.165, 1.54) is 41.9 Å². The Hall–Kier alpha value is -3.60. The van der Waals surface area contributed by atoms with Crippen molar-refractivity contribution in [3.8, 4) is 5.82 Å². The van der Waals surface area contributed by atoms with E-state index in [1.54, 1.807) is 6.07 Å². The lowest BCUT2D eigenvalue weighted by Gasteiger charge is -2.39. The Kier molecular flexibility index (Phi) is 4.57. The Labute approximate surface area is 163 Å². The van der Waals surface area contributed by atoms with E-state index in [4.69, 9.17) is 11.6 Å². The molecule has 3 aromatic rings. The number of hydrogen-bond acceptors (Lipinski definition) is 8. The fourth-order valence-electron chi connectivity index (χ4n) is 2.77. The van der Waals surface area contributed by atoms with Crippen LogP contribution in [0.25, 0.3) is 5.82 Å². The number of halogens is 1. The highest BCUT2D eigenvalue weighted by molar-refractivity contribution is 6.32. The maximum absolute atomic E-state index is 12.4. The first-order valence-electron chi connectivity index (χ1n) is 8.18. The van der Waals surface area contributed by atoms with Gasteiger partial charge in [0.05, 0.1) is 10.8 Å². The molecule has 4 rings (SSSR count). The zero-order chi connectivity index (χ0) is 19.7. The fraction of sp³-hybridized carbons (Fsp3) is 0.188. The molecule has 1 aromatic carbocycles. The molecule has 0 radical (unpaired) electrons. The summed E-state index contributed by atoms with van der Waals surface area (Å²) < 4.78 is 1.52. The van der Waals surface area contributed by atoms with E-state index in [-0.39, 0.29) is 22.5 Å². The maximum Gasteiger partial charge on any atom is 0.289 e. The SMILES string of the molecule is O=C(Nc1ccc(Cl)c([N+](=O)[O-])c1)C1CN(c2cc(-n3cncn3)ncn2)C1. The molecule has 0 saturated carbocycles. The van der Waals surface area contributed by atoms with E-state index in [2.05, 4.69) is 25.4 Å². The van der Waals surface area contributed by atoms with E-state index in [0.717, 1.165) is 0 Å². The van der Waals surface area contributed by atoms with Crippen LogP contribution in [0, 0.1) is 16.0 Å². The predicted molar refractivity (Wildman–Crippen MR) is 99.4 cm³/mol. The molecule has 0 bridgehead atoms. The van der Waals surface area contributed by atoms with Crippen LogP contribution < -0.4 is 10.2 Å². The van der Waals surface area contributed by atoms with E-state index in [1.807, 2.05) is 4.90 Å². The number of hydrogen-bond donors (Lipinski definition) is 1. The summed E-state index contributed by atoms with van der Waals surface area (Å²) in [7, 11) is 0. The summed E-state index contributed by atoms with van der Waals surface area (Å²) in [6, 6.07) is 5.91. The van der Waals surface area contributed by atoms with Gasteiger partial charge in [0.15, 0.2) is 5.82 Å². The number of benzene rings is 1. The van der Waals surface area contributed by atoms with Crippen LogP contribution in [0.4, 0.5) is 17.2 Å². The zero-order valence-electron chi connectivity index (χ0n) is 14.3. The number of aromatic nitrogens is 5. The van der Waals surface area contributed by atoms with E-state index >= 15 is 0 Å². The summed E-state index contributed by atoms with van der Waals surface area (Å²) in [6.45, 7) is 0.935. The van der Waals surface area contributed by atoms with Gasteiger partial charge in [-0.2, -0.15) is 5.10 Å². The lowest BCUT2D eigenvalue weighted by Crippen LogP contribution is -2.52. The molecular weight excluding hydrogens is 388 g/mol. The van der Waals surface area contributed by atoms with Gasteiger partial charge in [-0.05, 0) is 12.1 Å². The van der Waals surface area contributed by atoms with Crippen molar-refractivity contribution in [2.75, 3.05) is 23.3 Å². The van der Waals surface area contributed by atoms with Crippen LogP contribution in [0.2, 0.25) is 5.02 Å². The quantitative estimate of drug-likeness (QED) is 0.505. The number of amides is 1. The Morgan fingerprint density at radius 3 is 2.71 bits per heavy atom. The second kappa shape index (κ2) is 7.19. The molecule has 1 N–H and O–H groups in total. The first-order chi connectivity index (χ1) is 13.5. The number of carbonyl (C=O) groups excluding carboxylic acids is 1. The van der Waals surface area contributed by atoms with Gasteiger partial charge in [-0.1, -0.05) is 11.6 Å². The van der Waals surface area contributed by atoms with Crippen LogP contribution >= 0.6 is 11.6 Å². The Bertz CT molecular complexity index is 1040. The monoisotopic (exact) mass is 400 g/mol. The van der Waals surface area contributed by atoms with Crippen LogP contribution in [0.5, 0.6) is 0 Å². The minimum absolute atomic E-state index is 0.0183. The normalized spacial score (nSPS) is 13.8. The van der Waals surface area contributed by atoms with Crippen molar-refractivity contribution < 1.29 is 9.72 Å². The molecule has 3 heterocycles. The summed E-state index contributed by atoms with van der Waals surface area (Å²) in [5, 5.41) is 17.7. The minimum atomic E-state index is -0.592. The maximum atomic E-state index is 12.4. The van der Waals surface area contributed by atoms with Crippen molar-refractivity contribution in [1.82, 2.24) is 24.7 Å². The number of anilines is 2. The molecule has 2 aromatic heterocycles. The van der Waals surface area contributed by atoms with Crippen molar-refractivity contribution >= 4 is 34.7 Å². The largest absolute Gasteiger partial charge is 0.355 e. The van der Waals surface area contributed by atoms with Crippen LogP contribution in [-0.4, -0.2) is 48.7 Å². The van der Waals surface area contributed by atoms with Crippen molar-refractivity contribution in [3.05, 3.63) is 58.4 Å². The highest BCUT2D eigenvalue weighted by atomic mass is 35.5. The van der Waals surface area contributed by atoms with E-state index < -0.39 is 4.92 Å². The second-order valence-electron chi connectivity index (χ2n) is 6.09. The Morgan fingerprint density at radius 1 is 1.21 bits per heavy atom. The van der Waals surface area contributed by atoms with Crippen molar-refractivity contribution in [1.29, 1.82) is 0 Å². The highest BCUT2D eigenvalue weighted by Gasteiger charge is 2.34. The lowest BCUT2D eigenvalue weighted by molar-refractivity contribution is -0.384. The molecule has 12 heteroatoms. The van der Waals surface area contributed by atoms with E-state index in [0.29, 0.717) is 30.4 Å². The molecule has 0 unspecified atom stereocenters. The average molecular weight is 401 g/mol. The fourth-order valence-corrected chi connectivity index (χ4v) is 2.95. The van der Waals surface area contributed by atoms with Gasteiger partial charge in [-0.3, -0.25) is 14.9 Å². The minimum Gasteiger partial charge on any atom is -0.355 e. The van der Waals surface area contributed by atoms with Crippen molar-refractivity contribution in [2.45, 2.75) is 0 Å². The molecule has 142 valence electrons. The molecule has 1 aliphatic rings. The number of carbonyl (C=O) groups is 1.